The first-order valence-electron chi connectivity index (χ1n) is 7.56. The fourth-order valence-corrected chi connectivity index (χ4v) is 2.71. The molecule has 0 aliphatic heterocycles. The topological polar surface area (TPSA) is 49.8 Å². The smallest absolute Gasteiger partial charge is 0.131 e. The molecule has 1 aromatic heterocycles. The lowest BCUT2D eigenvalue weighted by Crippen LogP contribution is -2.14. The summed E-state index contributed by atoms with van der Waals surface area (Å²) in [5, 5.41) is 6.71. The predicted molar refractivity (Wildman–Crippen MR) is 80.5 cm³/mol. The Hall–Kier alpha value is -1.32. The Morgan fingerprint density at radius 3 is 2.63 bits per heavy atom. The summed E-state index contributed by atoms with van der Waals surface area (Å²) in [5.74, 6) is 2.73. The van der Waals surface area contributed by atoms with Gasteiger partial charge >= 0.3 is 0 Å². The molecular formula is C15H26N4. The zero-order valence-corrected chi connectivity index (χ0v) is 12.2. The molecule has 1 fully saturated rings. The van der Waals surface area contributed by atoms with Crippen molar-refractivity contribution in [3.05, 3.63) is 12.4 Å². The number of hydrogen-bond donors (Lipinski definition) is 2. The molecule has 0 bridgehead atoms. The van der Waals surface area contributed by atoms with Gasteiger partial charge in [-0.3, -0.25) is 0 Å². The van der Waals surface area contributed by atoms with E-state index in [9.17, 15) is 0 Å². The van der Waals surface area contributed by atoms with Gasteiger partial charge in [-0.05, 0) is 26.2 Å². The van der Waals surface area contributed by atoms with Gasteiger partial charge in [0.2, 0.25) is 0 Å². The summed E-state index contributed by atoms with van der Waals surface area (Å²) >= 11 is 0. The Morgan fingerprint density at radius 2 is 1.89 bits per heavy atom. The van der Waals surface area contributed by atoms with Crippen LogP contribution in [-0.4, -0.2) is 22.6 Å². The third-order valence-corrected chi connectivity index (χ3v) is 3.69. The van der Waals surface area contributed by atoms with Gasteiger partial charge in [0.05, 0.1) is 0 Å². The maximum atomic E-state index is 4.27. The Morgan fingerprint density at radius 1 is 1.16 bits per heavy atom. The summed E-state index contributed by atoms with van der Waals surface area (Å²) in [7, 11) is 0. The summed E-state index contributed by atoms with van der Waals surface area (Å²) in [4.78, 5) is 8.48. The molecular weight excluding hydrogens is 236 g/mol. The van der Waals surface area contributed by atoms with Crippen molar-refractivity contribution in [3.8, 4) is 0 Å². The first kappa shape index (κ1) is 14.1. The normalized spacial score (nSPS) is 16.6. The molecule has 1 aromatic rings. The highest BCUT2D eigenvalue weighted by molar-refractivity contribution is 5.46. The van der Waals surface area contributed by atoms with Crippen LogP contribution in [0.3, 0.4) is 0 Å². The van der Waals surface area contributed by atoms with Crippen LogP contribution in [0.2, 0.25) is 0 Å². The molecule has 0 atom stereocenters. The minimum atomic E-state index is 0.394. The monoisotopic (exact) mass is 262 g/mol. The molecule has 0 unspecified atom stereocenters. The van der Waals surface area contributed by atoms with Gasteiger partial charge in [-0.1, -0.05) is 32.1 Å². The third kappa shape index (κ3) is 5.05. The zero-order valence-electron chi connectivity index (χ0n) is 12.2. The molecule has 2 rings (SSSR count). The lowest BCUT2D eigenvalue weighted by atomic mass is 9.87. The number of hydrogen-bond acceptors (Lipinski definition) is 4. The second-order valence-corrected chi connectivity index (χ2v) is 5.81. The molecule has 1 aliphatic rings. The van der Waals surface area contributed by atoms with Crippen molar-refractivity contribution in [3.63, 3.8) is 0 Å². The van der Waals surface area contributed by atoms with Crippen molar-refractivity contribution in [2.24, 2.45) is 5.92 Å². The molecule has 0 radical (unpaired) electrons. The van der Waals surface area contributed by atoms with Crippen molar-refractivity contribution >= 4 is 11.6 Å². The molecule has 4 nitrogen and oxygen atoms in total. The lowest BCUT2D eigenvalue weighted by Gasteiger charge is -2.21. The van der Waals surface area contributed by atoms with Crippen LogP contribution in [0.15, 0.2) is 12.4 Å². The number of nitrogens with one attached hydrogen (secondary N) is 2. The second kappa shape index (κ2) is 7.31. The van der Waals surface area contributed by atoms with E-state index in [1.807, 2.05) is 6.07 Å². The van der Waals surface area contributed by atoms with Gasteiger partial charge in [-0.15, -0.1) is 0 Å². The summed E-state index contributed by atoms with van der Waals surface area (Å²) in [6.07, 6.45) is 9.96. The van der Waals surface area contributed by atoms with Crippen molar-refractivity contribution in [2.45, 2.75) is 58.4 Å². The molecule has 1 aliphatic carbocycles. The van der Waals surface area contributed by atoms with Crippen molar-refractivity contribution in [1.82, 2.24) is 9.97 Å². The zero-order chi connectivity index (χ0) is 13.5. The molecule has 1 heterocycles. The molecule has 4 heteroatoms. The molecule has 0 spiro atoms. The quantitative estimate of drug-likeness (QED) is 0.821. The minimum absolute atomic E-state index is 0.394. The highest BCUT2D eigenvalue weighted by Gasteiger charge is 2.12. The Balaban J connectivity index is 1.75. The van der Waals surface area contributed by atoms with Gasteiger partial charge < -0.3 is 10.6 Å². The fraction of sp³-hybridized carbons (Fsp3) is 0.733. The highest BCUT2D eigenvalue weighted by Crippen LogP contribution is 2.26. The van der Waals surface area contributed by atoms with E-state index in [0.717, 1.165) is 24.1 Å². The average molecular weight is 262 g/mol. The van der Waals surface area contributed by atoms with Crippen LogP contribution in [0.25, 0.3) is 0 Å². The predicted octanol–water partition coefficient (Wildman–Crippen LogP) is 3.68. The van der Waals surface area contributed by atoms with E-state index < -0.39 is 0 Å². The number of rotatable bonds is 6. The third-order valence-electron chi connectivity index (χ3n) is 3.69. The molecule has 1 saturated carbocycles. The van der Waals surface area contributed by atoms with Crippen molar-refractivity contribution in [1.29, 1.82) is 0 Å². The van der Waals surface area contributed by atoms with E-state index in [4.69, 9.17) is 0 Å². The molecule has 2 N–H and O–H groups in total. The van der Waals surface area contributed by atoms with E-state index in [-0.39, 0.29) is 0 Å². The number of nitrogens with zero attached hydrogens (tertiary/aromatic N) is 2. The van der Waals surface area contributed by atoms with E-state index in [1.165, 1.54) is 38.5 Å². The maximum absolute atomic E-state index is 4.27. The standard InChI is InChI=1S/C15H26N4/c1-12(2)19-15-10-14(17-11-18-15)16-9-8-13-6-4-3-5-7-13/h10-13H,3-9H2,1-2H3,(H2,16,17,18,19). The number of aromatic nitrogens is 2. The lowest BCUT2D eigenvalue weighted by molar-refractivity contribution is 0.345. The highest BCUT2D eigenvalue weighted by atomic mass is 15.1. The van der Waals surface area contributed by atoms with E-state index >= 15 is 0 Å². The second-order valence-electron chi connectivity index (χ2n) is 5.81. The van der Waals surface area contributed by atoms with E-state index in [2.05, 4.69) is 34.4 Å². The van der Waals surface area contributed by atoms with E-state index in [1.54, 1.807) is 6.33 Å². The van der Waals surface area contributed by atoms with Crippen molar-refractivity contribution < 1.29 is 0 Å². The molecule has 19 heavy (non-hydrogen) atoms. The molecule has 0 aromatic carbocycles. The van der Waals surface area contributed by atoms with Crippen molar-refractivity contribution in [2.75, 3.05) is 17.2 Å². The summed E-state index contributed by atoms with van der Waals surface area (Å²) in [6.45, 7) is 5.24. The van der Waals surface area contributed by atoms with Crippen LogP contribution in [0.1, 0.15) is 52.4 Å². The SMILES string of the molecule is CC(C)Nc1cc(NCCC2CCCCC2)ncn1. The van der Waals surface area contributed by atoms with Gasteiger partial charge in [0.15, 0.2) is 0 Å². The summed E-state index contributed by atoms with van der Waals surface area (Å²) in [5.41, 5.74) is 0. The van der Waals surface area contributed by atoms with Gasteiger partial charge in [0, 0.05) is 18.7 Å². The van der Waals surface area contributed by atoms with Crippen LogP contribution in [0.4, 0.5) is 11.6 Å². The van der Waals surface area contributed by atoms with Crippen LogP contribution in [-0.2, 0) is 0 Å². The largest absolute Gasteiger partial charge is 0.370 e. The van der Waals surface area contributed by atoms with Crippen LogP contribution >= 0.6 is 0 Å². The van der Waals surface area contributed by atoms with Gasteiger partial charge in [-0.2, -0.15) is 0 Å². The average Bonchev–Trinajstić information content (AvgIpc) is 2.40. The first-order chi connectivity index (χ1) is 9.24. The van der Waals surface area contributed by atoms with Gasteiger partial charge in [0.25, 0.3) is 0 Å². The summed E-state index contributed by atoms with van der Waals surface area (Å²) < 4.78 is 0. The van der Waals surface area contributed by atoms with Gasteiger partial charge in [-0.25, -0.2) is 9.97 Å². The first-order valence-corrected chi connectivity index (χ1v) is 7.56. The van der Waals surface area contributed by atoms with Crippen LogP contribution < -0.4 is 10.6 Å². The number of anilines is 2. The fourth-order valence-electron chi connectivity index (χ4n) is 2.71. The molecule has 0 saturated heterocycles. The Bertz CT molecular complexity index is 372. The maximum Gasteiger partial charge on any atom is 0.131 e. The minimum Gasteiger partial charge on any atom is -0.370 e. The Kier molecular flexibility index (Phi) is 5.43. The van der Waals surface area contributed by atoms with Crippen LogP contribution in [0, 0.1) is 5.92 Å². The molecule has 0 amide bonds. The van der Waals surface area contributed by atoms with E-state index in [0.29, 0.717) is 6.04 Å². The van der Waals surface area contributed by atoms with Gasteiger partial charge in [0.1, 0.15) is 18.0 Å². The Labute approximate surface area is 116 Å². The summed E-state index contributed by atoms with van der Waals surface area (Å²) in [6, 6.07) is 2.38. The van der Waals surface area contributed by atoms with Crippen LogP contribution in [0.5, 0.6) is 0 Å². The molecule has 106 valence electrons.